The molecule has 8 nitrogen and oxygen atoms in total. The van der Waals surface area contributed by atoms with Crippen molar-refractivity contribution in [1.82, 2.24) is 29.9 Å². The van der Waals surface area contributed by atoms with Crippen molar-refractivity contribution in [2.45, 2.75) is 18.8 Å². The molecule has 3 aromatic heterocycles. The Labute approximate surface area is 145 Å². The highest BCUT2D eigenvalue weighted by atomic mass is 15.3. The van der Waals surface area contributed by atoms with Crippen LogP contribution < -0.4 is 10.2 Å². The van der Waals surface area contributed by atoms with Crippen LogP contribution >= 0.6 is 0 Å². The summed E-state index contributed by atoms with van der Waals surface area (Å²) in [5, 5.41) is 17.5. The second-order valence-corrected chi connectivity index (χ2v) is 7.00. The SMILES string of the molecule is Cn1cc2c(NCC3CN(c4ccc(C5CC5)nn4)C3)ncnc2n1. The van der Waals surface area contributed by atoms with Gasteiger partial charge in [-0.15, -0.1) is 5.10 Å². The minimum Gasteiger partial charge on any atom is -0.369 e. The predicted octanol–water partition coefficient (Wildman–Crippen LogP) is 1.58. The van der Waals surface area contributed by atoms with Crippen LogP contribution in [-0.4, -0.2) is 49.6 Å². The number of rotatable bonds is 5. The van der Waals surface area contributed by atoms with Gasteiger partial charge in [0, 0.05) is 44.7 Å². The number of anilines is 2. The number of aryl methyl sites for hydroxylation is 1. The fourth-order valence-electron chi connectivity index (χ4n) is 3.32. The van der Waals surface area contributed by atoms with Crippen molar-refractivity contribution in [3.63, 3.8) is 0 Å². The standard InChI is InChI=1S/C17H20N8/c1-24-9-13-16(19-10-20-17(13)23-24)18-6-11-7-25(8-11)15-5-4-14(21-22-15)12-2-3-12/h4-5,9-12H,2-3,6-8H2,1H3,(H,18,19,20,23). The maximum Gasteiger partial charge on any atom is 0.186 e. The smallest absolute Gasteiger partial charge is 0.186 e. The Kier molecular flexibility index (Phi) is 3.29. The van der Waals surface area contributed by atoms with Crippen molar-refractivity contribution in [3.05, 3.63) is 30.4 Å². The number of hydrogen-bond donors (Lipinski definition) is 1. The van der Waals surface area contributed by atoms with Crippen molar-refractivity contribution >= 4 is 22.7 Å². The first-order valence-corrected chi connectivity index (χ1v) is 8.73. The molecule has 1 N–H and O–H groups in total. The quantitative estimate of drug-likeness (QED) is 0.757. The van der Waals surface area contributed by atoms with Crippen LogP contribution in [0.25, 0.3) is 11.0 Å². The Morgan fingerprint density at radius 1 is 1.16 bits per heavy atom. The maximum atomic E-state index is 4.38. The Morgan fingerprint density at radius 2 is 2.04 bits per heavy atom. The molecule has 0 bridgehead atoms. The maximum absolute atomic E-state index is 4.38. The largest absolute Gasteiger partial charge is 0.369 e. The van der Waals surface area contributed by atoms with Gasteiger partial charge in [-0.1, -0.05) is 0 Å². The van der Waals surface area contributed by atoms with Gasteiger partial charge in [-0.3, -0.25) is 4.68 Å². The lowest BCUT2D eigenvalue weighted by Gasteiger charge is -2.40. The minimum absolute atomic E-state index is 0.576. The van der Waals surface area contributed by atoms with Crippen molar-refractivity contribution < 1.29 is 0 Å². The van der Waals surface area contributed by atoms with Crippen LogP contribution in [0, 0.1) is 5.92 Å². The minimum atomic E-state index is 0.576. The molecule has 1 aliphatic carbocycles. The van der Waals surface area contributed by atoms with E-state index in [4.69, 9.17) is 0 Å². The van der Waals surface area contributed by atoms with Crippen LogP contribution in [0.5, 0.6) is 0 Å². The summed E-state index contributed by atoms with van der Waals surface area (Å²) in [5.74, 6) is 3.07. The molecule has 0 radical (unpaired) electrons. The summed E-state index contributed by atoms with van der Waals surface area (Å²) in [6.45, 7) is 2.86. The van der Waals surface area contributed by atoms with Crippen molar-refractivity contribution in [2.75, 3.05) is 29.9 Å². The molecule has 0 atom stereocenters. The molecule has 0 spiro atoms. The van der Waals surface area contributed by atoms with Crippen LogP contribution in [0.3, 0.4) is 0 Å². The van der Waals surface area contributed by atoms with Gasteiger partial charge >= 0.3 is 0 Å². The van der Waals surface area contributed by atoms with Gasteiger partial charge < -0.3 is 10.2 Å². The lowest BCUT2D eigenvalue weighted by molar-refractivity contribution is 0.425. The molecule has 0 unspecified atom stereocenters. The van der Waals surface area contributed by atoms with Crippen LogP contribution in [0.15, 0.2) is 24.7 Å². The Hall–Kier alpha value is -2.77. The first kappa shape index (κ1) is 14.6. The molecule has 3 aromatic rings. The summed E-state index contributed by atoms with van der Waals surface area (Å²) >= 11 is 0. The van der Waals surface area contributed by atoms with Gasteiger partial charge in [-0.25, -0.2) is 9.97 Å². The van der Waals surface area contributed by atoms with E-state index in [1.54, 1.807) is 11.0 Å². The normalized spacial score (nSPS) is 17.7. The van der Waals surface area contributed by atoms with Gasteiger partial charge in [0.1, 0.15) is 12.1 Å². The zero-order valence-electron chi connectivity index (χ0n) is 14.1. The van der Waals surface area contributed by atoms with Crippen LogP contribution in [-0.2, 0) is 7.05 Å². The molecule has 1 saturated carbocycles. The van der Waals surface area contributed by atoms with Crippen LogP contribution in [0.4, 0.5) is 11.6 Å². The van der Waals surface area contributed by atoms with Crippen molar-refractivity contribution in [1.29, 1.82) is 0 Å². The zero-order valence-corrected chi connectivity index (χ0v) is 14.1. The zero-order chi connectivity index (χ0) is 16.8. The van der Waals surface area contributed by atoms with E-state index in [-0.39, 0.29) is 0 Å². The number of hydrogen-bond acceptors (Lipinski definition) is 7. The lowest BCUT2D eigenvalue weighted by Crippen LogP contribution is -2.50. The van der Waals surface area contributed by atoms with E-state index in [0.717, 1.165) is 48.0 Å². The molecule has 0 aromatic carbocycles. The summed E-state index contributed by atoms with van der Waals surface area (Å²) < 4.78 is 1.76. The van der Waals surface area contributed by atoms with Gasteiger partial charge in [0.05, 0.1) is 11.1 Å². The Balaban J connectivity index is 1.18. The molecule has 8 heteroatoms. The molecular formula is C17H20N8. The molecule has 0 amide bonds. The van der Waals surface area contributed by atoms with E-state index in [0.29, 0.717) is 11.8 Å². The van der Waals surface area contributed by atoms with Gasteiger partial charge in [0.15, 0.2) is 11.5 Å². The summed E-state index contributed by atoms with van der Waals surface area (Å²) in [5.41, 5.74) is 1.87. The number of aromatic nitrogens is 6. The van der Waals surface area contributed by atoms with E-state index < -0.39 is 0 Å². The molecule has 2 fully saturated rings. The third kappa shape index (κ3) is 2.77. The van der Waals surface area contributed by atoms with E-state index in [9.17, 15) is 0 Å². The Morgan fingerprint density at radius 3 is 2.80 bits per heavy atom. The fraction of sp³-hybridized carbons (Fsp3) is 0.471. The average molecular weight is 336 g/mol. The van der Waals surface area contributed by atoms with Crippen LogP contribution in [0.2, 0.25) is 0 Å². The highest BCUT2D eigenvalue weighted by molar-refractivity contribution is 5.85. The average Bonchev–Trinajstić information content (AvgIpc) is 3.35. The molecule has 2 aliphatic rings. The topological polar surface area (TPSA) is 84.7 Å². The third-order valence-electron chi connectivity index (χ3n) is 4.94. The van der Waals surface area contributed by atoms with E-state index in [1.807, 2.05) is 13.2 Å². The van der Waals surface area contributed by atoms with E-state index in [2.05, 4.69) is 47.6 Å². The lowest BCUT2D eigenvalue weighted by atomic mass is 10.0. The van der Waals surface area contributed by atoms with Gasteiger partial charge in [-0.2, -0.15) is 10.2 Å². The summed E-state index contributed by atoms with van der Waals surface area (Å²) in [7, 11) is 1.89. The van der Waals surface area contributed by atoms with E-state index in [1.165, 1.54) is 12.8 Å². The summed E-state index contributed by atoms with van der Waals surface area (Å²) in [4.78, 5) is 10.8. The second kappa shape index (κ2) is 5.65. The molecule has 25 heavy (non-hydrogen) atoms. The molecular weight excluding hydrogens is 316 g/mol. The summed E-state index contributed by atoms with van der Waals surface area (Å²) in [6.07, 6.45) is 6.03. The first-order chi connectivity index (χ1) is 12.3. The number of fused-ring (bicyclic) bond motifs is 1. The predicted molar refractivity (Wildman–Crippen MR) is 94.5 cm³/mol. The summed E-state index contributed by atoms with van der Waals surface area (Å²) in [6, 6.07) is 4.24. The number of nitrogens with zero attached hydrogens (tertiary/aromatic N) is 7. The third-order valence-corrected chi connectivity index (χ3v) is 4.94. The van der Waals surface area contributed by atoms with Crippen molar-refractivity contribution in [3.8, 4) is 0 Å². The molecule has 1 aliphatic heterocycles. The highest BCUT2D eigenvalue weighted by Gasteiger charge is 2.29. The molecule has 1 saturated heterocycles. The second-order valence-electron chi connectivity index (χ2n) is 7.00. The molecule has 4 heterocycles. The fourth-order valence-corrected chi connectivity index (χ4v) is 3.32. The molecule has 128 valence electrons. The monoisotopic (exact) mass is 336 g/mol. The van der Waals surface area contributed by atoms with Gasteiger partial charge in [0.2, 0.25) is 0 Å². The van der Waals surface area contributed by atoms with Gasteiger partial charge in [-0.05, 0) is 25.0 Å². The van der Waals surface area contributed by atoms with Gasteiger partial charge in [0.25, 0.3) is 0 Å². The van der Waals surface area contributed by atoms with Crippen molar-refractivity contribution in [2.24, 2.45) is 13.0 Å². The highest BCUT2D eigenvalue weighted by Crippen LogP contribution is 2.39. The van der Waals surface area contributed by atoms with E-state index >= 15 is 0 Å². The molecule has 5 rings (SSSR count). The van der Waals surface area contributed by atoms with Crippen LogP contribution in [0.1, 0.15) is 24.5 Å². The first-order valence-electron chi connectivity index (χ1n) is 8.73. The number of nitrogens with one attached hydrogen (secondary N) is 1. The Bertz CT molecular complexity index is 893.